The van der Waals surface area contributed by atoms with E-state index in [1.165, 1.54) is 12.3 Å². The normalized spacial score (nSPS) is 21.8. The molecule has 1 aromatic rings. The number of aliphatic hydroxyl groups excluding tert-OH is 2. The molecule has 0 radical (unpaired) electrons. The lowest BCUT2D eigenvalue weighted by atomic mass is 9.80. The van der Waals surface area contributed by atoms with Gasteiger partial charge < -0.3 is 24.3 Å². The highest BCUT2D eigenvalue weighted by atomic mass is 16.7. The fourth-order valence-electron chi connectivity index (χ4n) is 2.12. The number of carbonyl (C=O) groups excluding carboxylic acids is 1. The van der Waals surface area contributed by atoms with E-state index in [1.54, 1.807) is 6.07 Å². The number of carbonyl (C=O) groups is 1. The summed E-state index contributed by atoms with van der Waals surface area (Å²) < 4.78 is 16.2. The zero-order valence-corrected chi connectivity index (χ0v) is 13.9. The minimum atomic E-state index is -1.69. The molecule has 2 rings (SSSR count). The lowest BCUT2D eigenvalue weighted by Gasteiger charge is -2.32. The van der Waals surface area contributed by atoms with Crippen LogP contribution in [0.2, 0.25) is 0 Å². The Kier molecular flexibility index (Phi) is 4.82. The van der Waals surface area contributed by atoms with E-state index in [0.29, 0.717) is 5.46 Å². The summed E-state index contributed by atoms with van der Waals surface area (Å²) in [5.41, 5.74) is -0.0799. The van der Waals surface area contributed by atoms with Crippen LogP contribution in [0.25, 0.3) is 0 Å². The lowest BCUT2D eigenvalue weighted by Crippen LogP contribution is -2.41. The third-order valence-electron chi connectivity index (χ3n) is 4.38. The third kappa shape index (κ3) is 3.40. The highest BCUT2D eigenvalue weighted by Gasteiger charge is 2.51. The Morgan fingerprint density at radius 1 is 1.22 bits per heavy atom. The van der Waals surface area contributed by atoms with Crippen LogP contribution in [0.5, 0.6) is 0 Å². The number of esters is 1. The average molecular weight is 323 g/mol. The quantitative estimate of drug-likeness (QED) is 0.592. The van der Waals surface area contributed by atoms with Crippen molar-refractivity contribution in [2.75, 3.05) is 7.11 Å². The highest BCUT2D eigenvalue weighted by molar-refractivity contribution is 6.62. The number of methoxy groups -OCH3 is 1. The maximum Gasteiger partial charge on any atom is 0.496 e. The predicted molar refractivity (Wildman–Crippen MR) is 82.9 cm³/mol. The van der Waals surface area contributed by atoms with E-state index < -0.39 is 36.5 Å². The van der Waals surface area contributed by atoms with Crippen molar-refractivity contribution in [3.05, 3.63) is 24.0 Å². The summed E-state index contributed by atoms with van der Waals surface area (Å²) in [6.45, 7) is 7.80. The van der Waals surface area contributed by atoms with Crippen molar-refractivity contribution in [2.24, 2.45) is 0 Å². The molecule has 2 N–H and O–H groups in total. The van der Waals surface area contributed by atoms with Crippen LogP contribution in [0.4, 0.5) is 0 Å². The lowest BCUT2D eigenvalue weighted by molar-refractivity contribution is -0.157. The molecule has 7 nitrogen and oxygen atoms in total. The molecule has 23 heavy (non-hydrogen) atoms. The summed E-state index contributed by atoms with van der Waals surface area (Å²) in [6, 6.07) is 3.19. The molecule has 1 aliphatic heterocycles. The van der Waals surface area contributed by atoms with Gasteiger partial charge in [0.25, 0.3) is 0 Å². The number of ether oxygens (including phenoxy) is 1. The van der Waals surface area contributed by atoms with E-state index >= 15 is 0 Å². The molecule has 2 atom stereocenters. The summed E-state index contributed by atoms with van der Waals surface area (Å²) >= 11 is 0. The topological polar surface area (TPSA) is 98.1 Å². The summed E-state index contributed by atoms with van der Waals surface area (Å²) in [5.74, 6) is -0.922. The Bertz CT molecular complexity index is 558. The number of pyridine rings is 1. The highest BCUT2D eigenvalue weighted by Crippen LogP contribution is 2.36. The summed E-state index contributed by atoms with van der Waals surface area (Å²) in [5, 5.41) is 19.6. The van der Waals surface area contributed by atoms with Gasteiger partial charge in [0.15, 0.2) is 6.10 Å². The third-order valence-corrected chi connectivity index (χ3v) is 4.38. The molecule has 1 aliphatic rings. The monoisotopic (exact) mass is 323 g/mol. The van der Waals surface area contributed by atoms with Gasteiger partial charge in [-0.05, 0) is 33.8 Å². The first kappa shape index (κ1) is 17.9. The van der Waals surface area contributed by atoms with Crippen LogP contribution < -0.4 is 5.46 Å². The van der Waals surface area contributed by atoms with Crippen molar-refractivity contribution in [2.45, 2.75) is 51.1 Å². The standard InChI is InChI=1S/C15H22BNO6/c1-14(2)15(3,4)23-16(22-14)9-6-7-10(17-8-9)11(18)12(19)13(20)21-5/h6-8,11-12,18-19H,1-5H3. The molecule has 2 unspecified atom stereocenters. The Balaban J connectivity index is 2.13. The molecule has 8 heteroatoms. The fourth-order valence-corrected chi connectivity index (χ4v) is 2.12. The Hall–Kier alpha value is -1.48. The number of hydrogen-bond donors (Lipinski definition) is 2. The first-order valence-electron chi connectivity index (χ1n) is 7.34. The van der Waals surface area contributed by atoms with Crippen LogP contribution in [-0.4, -0.2) is 52.7 Å². The average Bonchev–Trinajstić information content (AvgIpc) is 2.73. The van der Waals surface area contributed by atoms with Gasteiger partial charge in [-0.3, -0.25) is 4.98 Å². The summed E-state index contributed by atoms with van der Waals surface area (Å²) in [4.78, 5) is 15.3. The predicted octanol–water partition coefficient (Wildman–Crippen LogP) is -0.0519. The number of nitrogens with zero attached hydrogens (tertiary/aromatic N) is 1. The van der Waals surface area contributed by atoms with E-state index in [2.05, 4.69) is 9.72 Å². The van der Waals surface area contributed by atoms with Gasteiger partial charge in [-0.15, -0.1) is 0 Å². The van der Waals surface area contributed by atoms with Crippen LogP contribution in [0.15, 0.2) is 18.3 Å². The number of aromatic nitrogens is 1. The Labute approximate surface area is 135 Å². The molecule has 1 aromatic heterocycles. The van der Waals surface area contributed by atoms with Crippen molar-refractivity contribution >= 4 is 18.6 Å². The summed E-state index contributed by atoms with van der Waals surface area (Å²) in [7, 11) is 0.566. The van der Waals surface area contributed by atoms with E-state index in [0.717, 1.165) is 7.11 Å². The van der Waals surface area contributed by atoms with Gasteiger partial charge in [0.2, 0.25) is 0 Å². The van der Waals surface area contributed by atoms with Crippen molar-refractivity contribution in [1.29, 1.82) is 0 Å². The van der Waals surface area contributed by atoms with Gasteiger partial charge >= 0.3 is 13.1 Å². The maximum absolute atomic E-state index is 11.2. The molecule has 0 aliphatic carbocycles. The minimum Gasteiger partial charge on any atom is -0.467 e. The number of rotatable bonds is 4. The molecular formula is C15H22BNO6. The van der Waals surface area contributed by atoms with Gasteiger partial charge in [-0.2, -0.15) is 0 Å². The molecule has 0 saturated carbocycles. The van der Waals surface area contributed by atoms with Crippen molar-refractivity contribution in [1.82, 2.24) is 4.98 Å². The molecule has 126 valence electrons. The zero-order chi connectivity index (χ0) is 17.4. The van der Waals surface area contributed by atoms with Gasteiger partial charge in [0.1, 0.15) is 6.10 Å². The molecule has 0 aromatic carbocycles. The SMILES string of the molecule is COC(=O)C(O)C(O)c1ccc(B2OC(C)(C)C(C)(C)O2)cn1. The molecule has 1 saturated heterocycles. The molecule has 0 bridgehead atoms. The smallest absolute Gasteiger partial charge is 0.467 e. The second-order valence-electron chi connectivity index (χ2n) is 6.52. The number of aliphatic hydroxyl groups is 2. The van der Waals surface area contributed by atoms with Crippen molar-refractivity contribution in [3.63, 3.8) is 0 Å². The first-order valence-corrected chi connectivity index (χ1v) is 7.34. The molecule has 0 amide bonds. The number of hydrogen-bond acceptors (Lipinski definition) is 7. The summed E-state index contributed by atoms with van der Waals surface area (Å²) in [6.07, 6.45) is -1.66. The molecular weight excluding hydrogens is 301 g/mol. The van der Waals surface area contributed by atoms with Crippen LogP contribution in [0.1, 0.15) is 39.5 Å². The van der Waals surface area contributed by atoms with Gasteiger partial charge in [0, 0.05) is 11.7 Å². The van der Waals surface area contributed by atoms with E-state index in [4.69, 9.17) is 9.31 Å². The second-order valence-corrected chi connectivity index (χ2v) is 6.52. The van der Waals surface area contributed by atoms with Crippen LogP contribution >= 0.6 is 0 Å². The minimum absolute atomic E-state index is 0.156. The van der Waals surface area contributed by atoms with Crippen LogP contribution in [0, 0.1) is 0 Å². The van der Waals surface area contributed by atoms with Gasteiger partial charge in [0.05, 0.1) is 24.0 Å². The first-order chi connectivity index (χ1) is 10.6. The fraction of sp³-hybridized carbons (Fsp3) is 0.600. The van der Waals surface area contributed by atoms with E-state index in [1.807, 2.05) is 27.7 Å². The van der Waals surface area contributed by atoms with Gasteiger partial charge in [-0.25, -0.2) is 4.79 Å². The van der Waals surface area contributed by atoms with Crippen molar-refractivity contribution in [3.8, 4) is 0 Å². The molecule has 0 spiro atoms. The van der Waals surface area contributed by atoms with E-state index in [-0.39, 0.29) is 5.69 Å². The largest absolute Gasteiger partial charge is 0.496 e. The Morgan fingerprint density at radius 2 is 1.78 bits per heavy atom. The molecule has 2 heterocycles. The van der Waals surface area contributed by atoms with Crippen LogP contribution in [0.3, 0.4) is 0 Å². The van der Waals surface area contributed by atoms with E-state index in [9.17, 15) is 15.0 Å². The zero-order valence-electron chi connectivity index (χ0n) is 13.9. The van der Waals surface area contributed by atoms with Crippen molar-refractivity contribution < 1.29 is 29.1 Å². The van der Waals surface area contributed by atoms with Crippen LogP contribution in [-0.2, 0) is 18.8 Å². The second kappa shape index (κ2) is 6.20. The Morgan fingerprint density at radius 3 is 2.22 bits per heavy atom. The van der Waals surface area contributed by atoms with Gasteiger partial charge in [-0.1, -0.05) is 6.07 Å². The maximum atomic E-state index is 11.2. The molecule has 1 fully saturated rings.